The minimum atomic E-state index is -0.0550. The first-order chi connectivity index (χ1) is 10.2. The van der Waals surface area contributed by atoms with Crippen molar-refractivity contribution in [2.24, 2.45) is 0 Å². The third kappa shape index (κ3) is 3.28. The van der Waals surface area contributed by atoms with Crippen LogP contribution < -0.4 is 5.32 Å². The number of nitrogens with one attached hydrogen (secondary N) is 1. The van der Waals surface area contributed by atoms with Crippen molar-refractivity contribution in [3.05, 3.63) is 60.1 Å². The highest BCUT2D eigenvalue weighted by Gasteiger charge is 2.13. The largest absolute Gasteiger partial charge is 0.423 e. The van der Waals surface area contributed by atoms with Crippen LogP contribution >= 0.6 is 0 Å². The average molecular weight is 283 g/mol. The van der Waals surface area contributed by atoms with E-state index in [1.807, 2.05) is 36.0 Å². The highest BCUT2D eigenvalue weighted by Crippen LogP contribution is 2.17. The third-order valence-electron chi connectivity index (χ3n) is 3.12. The van der Waals surface area contributed by atoms with E-state index in [0.29, 0.717) is 11.8 Å². The van der Waals surface area contributed by atoms with Gasteiger partial charge in [0.15, 0.2) is 0 Å². The molecule has 1 atom stereocenters. The van der Waals surface area contributed by atoms with Crippen LogP contribution in [0.15, 0.2) is 47.1 Å². The molecule has 0 fully saturated rings. The molecule has 0 amide bonds. The topological polar surface area (TPSA) is 68.8 Å². The summed E-state index contributed by atoms with van der Waals surface area (Å²) in [6, 6.07) is 10.2. The van der Waals surface area contributed by atoms with Crippen LogP contribution in [-0.4, -0.2) is 20.0 Å². The Balaban J connectivity index is 1.65. The Labute approximate surface area is 122 Å². The van der Waals surface area contributed by atoms with E-state index in [2.05, 4.69) is 32.7 Å². The van der Waals surface area contributed by atoms with Crippen molar-refractivity contribution in [3.63, 3.8) is 0 Å². The molecule has 1 aromatic carbocycles. The quantitative estimate of drug-likeness (QED) is 0.779. The fraction of sp³-hybridized carbons (Fsp3) is 0.267. The molecule has 0 bridgehead atoms. The van der Waals surface area contributed by atoms with Crippen molar-refractivity contribution in [1.82, 2.24) is 20.0 Å². The van der Waals surface area contributed by atoms with E-state index >= 15 is 0 Å². The molecule has 6 nitrogen and oxygen atoms in total. The van der Waals surface area contributed by atoms with E-state index in [9.17, 15) is 0 Å². The lowest BCUT2D eigenvalue weighted by atomic mass is 10.2. The first kappa shape index (κ1) is 13.4. The summed E-state index contributed by atoms with van der Waals surface area (Å²) in [4.78, 5) is 0. The summed E-state index contributed by atoms with van der Waals surface area (Å²) in [6.45, 7) is 4.50. The van der Waals surface area contributed by atoms with Crippen molar-refractivity contribution >= 4 is 5.69 Å². The maximum atomic E-state index is 5.41. The van der Waals surface area contributed by atoms with Crippen LogP contribution in [0, 0.1) is 6.92 Å². The minimum absolute atomic E-state index is 0.0550. The molecule has 0 aliphatic carbocycles. The molecule has 0 radical (unpaired) electrons. The van der Waals surface area contributed by atoms with Gasteiger partial charge >= 0.3 is 0 Å². The highest BCUT2D eigenvalue weighted by molar-refractivity contribution is 5.39. The van der Waals surface area contributed by atoms with Gasteiger partial charge in [-0.3, -0.25) is 4.68 Å². The van der Waals surface area contributed by atoms with Crippen molar-refractivity contribution in [1.29, 1.82) is 0 Å². The van der Waals surface area contributed by atoms with Gasteiger partial charge < -0.3 is 9.73 Å². The summed E-state index contributed by atoms with van der Waals surface area (Å²) >= 11 is 0. The smallest absolute Gasteiger partial charge is 0.238 e. The minimum Gasteiger partial charge on any atom is -0.423 e. The van der Waals surface area contributed by atoms with Crippen LogP contribution in [0.2, 0.25) is 0 Å². The van der Waals surface area contributed by atoms with Crippen molar-refractivity contribution in [3.8, 4) is 0 Å². The lowest BCUT2D eigenvalue weighted by molar-refractivity contribution is 0.451. The fourth-order valence-corrected chi connectivity index (χ4v) is 2.09. The fourth-order valence-electron chi connectivity index (χ4n) is 2.09. The van der Waals surface area contributed by atoms with Gasteiger partial charge in [0.25, 0.3) is 0 Å². The van der Waals surface area contributed by atoms with Crippen molar-refractivity contribution < 1.29 is 4.42 Å². The predicted molar refractivity (Wildman–Crippen MR) is 78.8 cm³/mol. The SMILES string of the molecule is Cc1nnc(C(C)Nc2cnn(Cc3ccccc3)c2)o1. The second-order valence-corrected chi connectivity index (χ2v) is 4.94. The van der Waals surface area contributed by atoms with Gasteiger partial charge in [-0.15, -0.1) is 10.2 Å². The maximum Gasteiger partial charge on any atom is 0.238 e. The van der Waals surface area contributed by atoms with E-state index < -0.39 is 0 Å². The van der Waals surface area contributed by atoms with Gasteiger partial charge in [0.05, 0.1) is 18.4 Å². The first-order valence-electron chi connectivity index (χ1n) is 6.83. The molecule has 6 heteroatoms. The molecular formula is C15H17N5O. The van der Waals surface area contributed by atoms with E-state index in [1.165, 1.54) is 5.56 Å². The number of rotatable bonds is 5. The molecule has 108 valence electrons. The predicted octanol–water partition coefficient (Wildman–Crippen LogP) is 2.80. The molecule has 0 saturated heterocycles. The summed E-state index contributed by atoms with van der Waals surface area (Å²) in [5, 5.41) is 15.5. The maximum absolute atomic E-state index is 5.41. The van der Waals surface area contributed by atoms with E-state index in [4.69, 9.17) is 4.42 Å². The molecular weight excluding hydrogens is 266 g/mol. The Hall–Kier alpha value is -2.63. The molecule has 1 N–H and O–H groups in total. The molecule has 0 saturated carbocycles. The van der Waals surface area contributed by atoms with Gasteiger partial charge in [0.2, 0.25) is 11.8 Å². The van der Waals surface area contributed by atoms with Crippen LogP contribution in [-0.2, 0) is 6.54 Å². The molecule has 1 unspecified atom stereocenters. The number of benzene rings is 1. The van der Waals surface area contributed by atoms with Gasteiger partial charge in [-0.2, -0.15) is 5.10 Å². The van der Waals surface area contributed by atoms with Gasteiger partial charge in [-0.25, -0.2) is 0 Å². The number of anilines is 1. The summed E-state index contributed by atoms with van der Waals surface area (Å²) in [5.41, 5.74) is 2.14. The number of aromatic nitrogens is 4. The van der Waals surface area contributed by atoms with Crippen LogP contribution in [0.3, 0.4) is 0 Å². The molecule has 0 aliphatic heterocycles. The summed E-state index contributed by atoms with van der Waals surface area (Å²) in [7, 11) is 0. The second-order valence-electron chi connectivity index (χ2n) is 4.94. The van der Waals surface area contributed by atoms with E-state index in [-0.39, 0.29) is 6.04 Å². The number of hydrogen-bond acceptors (Lipinski definition) is 5. The molecule has 0 spiro atoms. The zero-order valence-corrected chi connectivity index (χ0v) is 12.0. The Bertz CT molecular complexity index is 704. The van der Waals surface area contributed by atoms with Gasteiger partial charge in [-0.1, -0.05) is 30.3 Å². The lowest BCUT2D eigenvalue weighted by Gasteiger charge is -2.08. The third-order valence-corrected chi connectivity index (χ3v) is 3.12. The molecule has 2 aromatic heterocycles. The molecule has 21 heavy (non-hydrogen) atoms. The Morgan fingerprint density at radius 2 is 2.05 bits per heavy atom. The van der Waals surface area contributed by atoms with Crippen molar-refractivity contribution in [2.75, 3.05) is 5.32 Å². The second kappa shape index (κ2) is 5.78. The highest BCUT2D eigenvalue weighted by atomic mass is 16.4. The molecule has 3 rings (SSSR count). The van der Waals surface area contributed by atoms with Crippen LogP contribution in [0.25, 0.3) is 0 Å². The Morgan fingerprint density at radius 1 is 1.24 bits per heavy atom. The number of hydrogen-bond donors (Lipinski definition) is 1. The summed E-state index contributed by atoms with van der Waals surface area (Å²) < 4.78 is 7.30. The normalized spacial score (nSPS) is 12.3. The molecule has 2 heterocycles. The summed E-state index contributed by atoms with van der Waals surface area (Å²) in [6.07, 6.45) is 3.76. The standard InChI is InChI=1S/C15H17N5O/c1-11(15-19-18-12(2)21-15)17-14-8-16-20(10-14)9-13-6-4-3-5-7-13/h3-8,10-11,17H,9H2,1-2H3. The number of nitrogens with zero attached hydrogens (tertiary/aromatic N) is 4. The average Bonchev–Trinajstić information content (AvgIpc) is 3.09. The Morgan fingerprint density at radius 3 is 2.76 bits per heavy atom. The van der Waals surface area contributed by atoms with E-state index in [0.717, 1.165) is 12.2 Å². The van der Waals surface area contributed by atoms with Gasteiger partial charge in [0, 0.05) is 13.1 Å². The summed E-state index contributed by atoms with van der Waals surface area (Å²) in [5.74, 6) is 1.14. The van der Waals surface area contributed by atoms with Gasteiger partial charge in [0.1, 0.15) is 6.04 Å². The monoisotopic (exact) mass is 283 g/mol. The molecule has 3 aromatic rings. The Kier molecular flexibility index (Phi) is 3.68. The first-order valence-corrected chi connectivity index (χ1v) is 6.83. The lowest BCUT2D eigenvalue weighted by Crippen LogP contribution is -2.06. The van der Waals surface area contributed by atoms with Crippen LogP contribution in [0.5, 0.6) is 0 Å². The number of aryl methyl sites for hydroxylation is 1. The van der Waals surface area contributed by atoms with E-state index in [1.54, 1.807) is 13.1 Å². The van der Waals surface area contributed by atoms with Crippen LogP contribution in [0.1, 0.15) is 30.3 Å². The van der Waals surface area contributed by atoms with Crippen molar-refractivity contribution in [2.45, 2.75) is 26.4 Å². The zero-order chi connectivity index (χ0) is 14.7. The molecule has 0 aliphatic rings. The van der Waals surface area contributed by atoms with Gasteiger partial charge in [-0.05, 0) is 12.5 Å². The van der Waals surface area contributed by atoms with Crippen LogP contribution in [0.4, 0.5) is 5.69 Å². The zero-order valence-electron chi connectivity index (χ0n) is 12.0.